The van der Waals surface area contributed by atoms with Gasteiger partial charge in [-0.1, -0.05) is 24.3 Å². The van der Waals surface area contributed by atoms with Gasteiger partial charge in [-0.3, -0.25) is 0 Å². The summed E-state index contributed by atoms with van der Waals surface area (Å²) < 4.78 is 28.2. The Morgan fingerprint density at radius 1 is 0.931 bits per heavy atom. The second-order valence-electron chi connectivity index (χ2n) is 6.34. The Labute approximate surface area is 168 Å². The van der Waals surface area contributed by atoms with E-state index in [0.29, 0.717) is 23.1 Å². The smallest absolute Gasteiger partial charge is 0.238 e. The lowest BCUT2D eigenvalue weighted by molar-refractivity contribution is 0.415. The number of fused-ring (bicyclic) bond motifs is 1. The molecule has 0 bridgehead atoms. The summed E-state index contributed by atoms with van der Waals surface area (Å²) in [5.74, 6) is 1.87. The number of anilines is 2. The van der Waals surface area contributed by atoms with E-state index in [9.17, 15) is 8.42 Å². The SMILES string of the molecule is COc1cccc(-c2nc(Nc3ccc(S(N)(=O)=O)cc3)c3ccccc3n2)c1. The Balaban J connectivity index is 1.78. The molecule has 0 fully saturated rings. The maximum absolute atomic E-state index is 11.5. The van der Waals surface area contributed by atoms with Gasteiger partial charge in [0.2, 0.25) is 10.0 Å². The number of methoxy groups -OCH3 is 1. The van der Waals surface area contributed by atoms with Gasteiger partial charge in [-0.2, -0.15) is 0 Å². The largest absolute Gasteiger partial charge is 0.497 e. The lowest BCUT2D eigenvalue weighted by atomic mass is 10.1. The molecule has 1 heterocycles. The molecule has 8 heteroatoms. The van der Waals surface area contributed by atoms with E-state index in [1.54, 1.807) is 19.2 Å². The Morgan fingerprint density at radius 3 is 2.41 bits per heavy atom. The molecule has 1 aromatic heterocycles. The second kappa shape index (κ2) is 7.50. The Bertz CT molecular complexity index is 1290. The lowest BCUT2D eigenvalue weighted by Gasteiger charge is -2.12. The number of nitrogens with zero attached hydrogens (tertiary/aromatic N) is 2. The summed E-state index contributed by atoms with van der Waals surface area (Å²) in [6.45, 7) is 0. The third kappa shape index (κ3) is 4.03. The highest BCUT2D eigenvalue weighted by atomic mass is 32.2. The fourth-order valence-electron chi connectivity index (χ4n) is 2.93. The van der Waals surface area contributed by atoms with Gasteiger partial charge < -0.3 is 10.1 Å². The third-order valence-corrected chi connectivity index (χ3v) is 5.31. The number of primary sulfonamides is 1. The normalized spacial score (nSPS) is 11.4. The molecule has 0 atom stereocenters. The highest BCUT2D eigenvalue weighted by Gasteiger charge is 2.11. The highest BCUT2D eigenvalue weighted by Crippen LogP contribution is 2.29. The van der Waals surface area contributed by atoms with E-state index < -0.39 is 10.0 Å². The van der Waals surface area contributed by atoms with E-state index in [1.165, 1.54) is 12.1 Å². The number of hydrogen-bond donors (Lipinski definition) is 2. The summed E-state index contributed by atoms with van der Waals surface area (Å²) in [7, 11) is -2.13. The number of rotatable bonds is 5. The van der Waals surface area contributed by atoms with E-state index in [-0.39, 0.29) is 4.90 Å². The maximum Gasteiger partial charge on any atom is 0.238 e. The molecule has 4 rings (SSSR count). The summed E-state index contributed by atoms with van der Waals surface area (Å²) >= 11 is 0. The maximum atomic E-state index is 11.5. The first-order valence-electron chi connectivity index (χ1n) is 8.75. The molecule has 0 saturated heterocycles. The molecule has 0 aliphatic heterocycles. The topological polar surface area (TPSA) is 107 Å². The van der Waals surface area contributed by atoms with Gasteiger partial charge in [-0.25, -0.2) is 23.5 Å². The second-order valence-corrected chi connectivity index (χ2v) is 7.90. The Hall–Kier alpha value is -3.49. The molecular formula is C21H18N4O3S. The number of sulfonamides is 1. The van der Waals surface area contributed by atoms with E-state index in [1.807, 2.05) is 48.5 Å². The van der Waals surface area contributed by atoms with Gasteiger partial charge in [-0.15, -0.1) is 0 Å². The molecule has 29 heavy (non-hydrogen) atoms. The number of hydrogen-bond acceptors (Lipinski definition) is 6. The van der Waals surface area contributed by atoms with Crippen LogP contribution in [0.4, 0.5) is 11.5 Å². The molecule has 0 radical (unpaired) electrons. The van der Waals surface area contributed by atoms with Crippen LogP contribution in [-0.2, 0) is 10.0 Å². The fraction of sp³-hybridized carbons (Fsp3) is 0.0476. The molecule has 0 unspecified atom stereocenters. The summed E-state index contributed by atoms with van der Waals surface area (Å²) in [6, 6.07) is 21.4. The van der Waals surface area contributed by atoms with Gasteiger partial charge in [-0.05, 0) is 48.5 Å². The van der Waals surface area contributed by atoms with E-state index in [4.69, 9.17) is 14.9 Å². The van der Waals surface area contributed by atoms with Crippen molar-refractivity contribution in [1.29, 1.82) is 0 Å². The number of ether oxygens (including phenoxy) is 1. The zero-order valence-electron chi connectivity index (χ0n) is 15.5. The minimum atomic E-state index is -3.74. The van der Waals surface area contributed by atoms with E-state index in [2.05, 4.69) is 10.3 Å². The molecule has 4 aromatic rings. The summed E-state index contributed by atoms with van der Waals surface area (Å²) in [5, 5.41) is 9.25. The Morgan fingerprint density at radius 2 is 1.69 bits per heavy atom. The predicted molar refractivity (Wildman–Crippen MR) is 113 cm³/mol. The van der Waals surface area contributed by atoms with Crippen molar-refractivity contribution < 1.29 is 13.2 Å². The van der Waals surface area contributed by atoms with Crippen molar-refractivity contribution in [1.82, 2.24) is 9.97 Å². The van der Waals surface area contributed by atoms with Crippen LogP contribution in [0, 0.1) is 0 Å². The molecule has 0 saturated carbocycles. The first-order valence-corrected chi connectivity index (χ1v) is 10.3. The Kier molecular flexibility index (Phi) is 4.87. The summed E-state index contributed by atoms with van der Waals surface area (Å²) in [5.41, 5.74) is 2.28. The van der Waals surface area contributed by atoms with Gasteiger partial charge in [0.05, 0.1) is 17.5 Å². The lowest BCUT2D eigenvalue weighted by Crippen LogP contribution is -2.11. The molecule has 7 nitrogen and oxygen atoms in total. The number of nitrogens with one attached hydrogen (secondary N) is 1. The molecule has 3 N–H and O–H groups in total. The van der Waals surface area contributed by atoms with Crippen LogP contribution >= 0.6 is 0 Å². The van der Waals surface area contributed by atoms with Crippen molar-refractivity contribution in [3.63, 3.8) is 0 Å². The molecule has 3 aromatic carbocycles. The van der Waals surface area contributed by atoms with Gasteiger partial charge >= 0.3 is 0 Å². The van der Waals surface area contributed by atoms with E-state index in [0.717, 1.165) is 16.5 Å². The molecule has 0 spiro atoms. The number of para-hydroxylation sites is 1. The number of aromatic nitrogens is 2. The molecule has 0 aliphatic carbocycles. The highest BCUT2D eigenvalue weighted by molar-refractivity contribution is 7.89. The van der Waals surface area contributed by atoms with Crippen molar-refractivity contribution in [2.24, 2.45) is 5.14 Å². The van der Waals surface area contributed by atoms with Gasteiger partial charge in [0.25, 0.3) is 0 Å². The average Bonchev–Trinajstić information content (AvgIpc) is 2.73. The van der Waals surface area contributed by atoms with E-state index >= 15 is 0 Å². The fourth-order valence-corrected chi connectivity index (χ4v) is 3.44. The number of nitrogens with two attached hydrogens (primary N) is 1. The van der Waals surface area contributed by atoms with Crippen LogP contribution in [0.1, 0.15) is 0 Å². The van der Waals surface area contributed by atoms with Crippen molar-refractivity contribution in [2.75, 3.05) is 12.4 Å². The van der Waals surface area contributed by atoms with Gasteiger partial charge in [0.1, 0.15) is 11.6 Å². The molecule has 0 amide bonds. The summed E-state index contributed by atoms with van der Waals surface area (Å²) in [4.78, 5) is 9.41. The zero-order chi connectivity index (χ0) is 20.4. The number of benzene rings is 3. The summed E-state index contributed by atoms with van der Waals surface area (Å²) in [6.07, 6.45) is 0. The quantitative estimate of drug-likeness (QED) is 0.523. The van der Waals surface area contributed by atoms with Crippen LogP contribution in [0.5, 0.6) is 5.75 Å². The molecular weight excluding hydrogens is 388 g/mol. The van der Waals surface area contributed by atoms with Crippen molar-refractivity contribution >= 4 is 32.4 Å². The van der Waals surface area contributed by atoms with Gasteiger partial charge in [0.15, 0.2) is 5.82 Å². The van der Waals surface area contributed by atoms with Crippen molar-refractivity contribution in [3.05, 3.63) is 72.8 Å². The van der Waals surface area contributed by atoms with Crippen LogP contribution in [-0.4, -0.2) is 25.5 Å². The molecule has 0 aliphatic rings. The first kappa shape index (κ1) is 18.9. The van der Waals surface area contributed by atoms with Crippen LogP contribution in [0.3, 0.4) is 0 Å². The zero-order valence-corrected chi connectivity index (χ0v) is 16.3. The first-order chi connectivity index (χ1) is 13.9. The minimum absolute atomic E-state index is 0.0488. The van der Waals surface area contributed by atoms with Crippen molar-refractivity contribution in [2.45, 2.75) is 4.90 Å². The van der Waals surface area contributed by atoms with Crippen LogP contribution in [0.15, 0.2) is 77.7 Å². The van der Waals surface area contributed by atoms with Gasteiger partial charge in [0, 0.05) is 16.6 Å². The predicted octanol–water partition coefficient (Wildman–Crippen LogP) is 3.70. The molecule has 146 valence electrons. The van der Waals surface area contributed by atoms with Crippen LogP contribution in [0.2, 0.25) is 0 Å². The third-order valence-electron chi connectivity index (χ3n) is 4.38. The standard InChI is InChI=1S/C21H18N4O3S/c1-28-16-6-4-5-14(13-16)20-24-19-8-3-2-7-18(19)21(25-20)23-15-9-11-17(12-10-15)29(22,26)27/h2-13H,1H3,(H2,22,26,27)(H,23,24,25). The van der Waals surface area contributed by atoms with Crippen LogP contribution < -0.4 is 15.2 Å². The monoisotopic (exact) mass is 406 g/mol. The average molecular weight is 406 g/mol. The van der Waals surface area contributed by atoms with Crippen molar-refractivity contribution in [3.8, 4) is 17.1 Å². The minimum Gasteiger partial charge on any atom is -0.497 e. The van der Waals surface area contributed by atoms with Crippen LogP contribution in [0.25, 0.3) is 22.3 Å².